The van der Waals surface area contributed by atoms with E-state index in [0.717, 1.165) is 18.4 Å². The summed E-state index contributed by atoms with van der Waals surface area (Å²) in [7, 11) is 1.74. The van der Waals surface area contributed by atoms with Gasteiger partial charge in [0.25, 0.3) is 0 Å². The molecule has 0 aromatic heterocycles. The zero-order chi connectivity index (χ0) is 16.6. The molecule has 0 heterocycles. The van der Waals surface area contributed by atoms with Gasteiger partial charge in [-0.1, -0.05) is 26.2 Å². The Hall–Kier alpha value is -0.530. The molecule has 1 aliphatic rings. The van der Waals surface area contributed by atoms with Crippen LogP contribution in [0, 0.1) is 11.8 Å². The van der Waals surface area contributed by atoms with Gasteiger partial charge in [0.1, 0.15) is 0 Å². The van der Waals surface area contributed by atoms with Crippen LogP contribution < -0.4 is 16.0 Å². The Morgan fingerprint density at radius 2 is 1.91 bits per heavy atom. The van der Waals surface area contributed by atoms with Crippen LogP contribution in [0.2, 0.25) is 0 Å². The molecule has 0 saturated heterocycles. The van der Waals surface area contributed by atoms with Crippen LogP contribution in [0.3, 0.4) is 0 Å². The van der Waals surface area contributed by atoms with Crippen molar-refractivity contribution >= 4 is 35.8 Å². The molecule has 1 rings (SSSR count). The quantitative estimate of drug-likeness (QED) is 0.351. The second kappa shape index (κ2) is 11.1. The number of carbonyl (C=O) groups is 1. The van der Waals surface area contributed by atoms with Crippen LogP contribution in [0.1, 0.15) is 59.8 Å². The van der Waals surface area contributed by atoms with Gasteiger partial charge in [-0.3, -0.25) is 9.79 Å². The number of nitrogens with one attached hydrogen (secondary N) is 3. The average molecular weight is 438 g/mol. The lowest BCUT2D eigenvalue weighted by molar-refractivity contribution is -0.121. The number of carbonyl (C=O) groups excluding carboxylic acids is 1. The van der Waals surface area contributed by atoms with Crippen molar-refractivity contribution in [2.75, 3.05) is 20.1 Å². The number of nitrogens with zero attached hydrogens (tertiary/aromatic N) is 1. The molecule has 1 aliphatic carbocycles. The van der Waals surface area contributed by atoms with E-state index in [0.29, 0.717) is 5.96 Å². The number of hydrogen-bond donors (Lipinski definition) is 3. The zero-order valence-electron chi connectivity index (χ0n) is 15.4. The Morgan fingerprint density at radius 1 is 1.22 bits per heavy atom. The van der Waals surface area contributed by atoms with Gasteiger partial charge in [-0.15, -0.1) is 24.0 Å². The minimum Gasteiger partial charge on any atom is -0.356 e. The van der Waals surface area contributed by atoms with Crippen molar-refractivity contribution < 1.29 is 4.79 Å². The van der Waals surface area contributed by atoms with Crippen LogP contribution in [0.4, 0.5) is 0 Å². The Kier molecular flexibility index (Phi) is 10.8. The van der Waals surface area contributed by atoms with E-state index >= 15 is 0 Å². The fourth-order valence-corrected chi connectivity index (χ4v) is 3.06. The molecule has 2 atom stereocenters. The van der Waals surface area contributed by atoms with Crippen molar-refractivity contribution in [2.45, 2.75) is 65.3 Å². The van der Waals surface area contributed by atoms with Gasteiger partial charge in [-0.05, 0) is 45.4 Å². The van der Waals surface area contributed by atoms with Gasteiger partial charge in [0.05, 0.1) is 6.54 Å². The molecule has 0 spiro atoms. The highest BCUT2D eigenvalue weighted by Gasteiger charge is 2.18. The first-order valence-electron chi connectivity index (χ1n) is 8.55. The van der Waals surface area contributed by atoms with E-state index in [9.17, 15) is 4.79 Å². The predicted octanol–water partition coefficient (Wildman–Crippen LogP) is 2.90. The molecule has 0 aromatic rings. The second-order valence-corrected chi connectivity index (χ2v) is 7.58. The molecule has 6 heteroatoms. The van der Waals surface area contributed by atoms with E-state index < -0.39 is 0 Å². The summed E-state index contributed by atoms with van der Waals surface area (Å²) in [5.41, 5.74) is -0.201. The van der Waals surface area contributed by atoms with Gasteiger partial charge in [-0.25, -0.2) is 0 Å². The normalized spacial score (nSPS) is 22.0. The van der Waals surface area contributed by atoms with E-state index in [1.165, 1.54) is 32.1 Å². The highest BCUT2D eigenvalue weighted by Crippen LogP contribution is 2.30. The molecule has 0 aliphatic heterocycles. The molecular formula is C17H35IN4O. The van der Waals surface area contributed by atoms with Crippen molar-refractivity contribution in [2.24, 2.45) is 16.8 Å². The maximum absolute atomic E-state index is 11.8. The largest absolute Gasteiger partial charge is 0.356 e. The lowest BCUT2D eigenvalue weighted by atomic mass is 9.81. The van der Waals surface area contributed by atoms with Gasteiger partial charge in [-0.2, -0.15) is 0 Å². The molecule has 2 unspecified atom stereocenters. The van der Waals surface area contributed by atoms with Gasteiger partial charge < -0.3 is 16.0 Å². The molecule has 23 heavy (non-hydrogen) atoms. The Labute approximate surface area is 158 Å². The minimum absolute atomic E-state index is 0. The lowest BCUT2D eigenvalue weighted by Gasteiger charge is -2.27. The average Bonchev–Trinajstić information content (AvgIpc) is 2.40. The van der Waals surface area contributed by atoms with Crippen molar-refractivity contribution in [1.29, 1.82) is 0 Å². The van der Waals surface area contributed by atoms with Crippen LogP contribution in [0.5, 0.6) is 0 Å². The summed E-state index contributed by atoms with van der Waals surface area (Å²) in [5.74, 6) is 2.39. The van der Waals surface area contributed by atoms with E-state index in [1.807, 2.05) is 20.8 Å². The first kappa shape index (κ1) is 22.5. The van der Waals surface area contributed by atoms with Crippen molar-refractivity contribution in [3.8, 4) is 0 Å². The first-order chi connectivity index (χ1) is 10.3. The van der Waals surface area contributed by atoms with Crippen LogP contribution in [-0.2, 0) is 4.79 Å². The summed E-state index contributed by atoms with van der Waals surface area (Å²) < 4.78 is 0. The fourth-order valence-electron chi connectivity index (χ4n) is 3.06. The van der Waals surface area contributed by atoms with Crippen LogP contribution in [0.25, 0.3) is 0 Å². The molecule has 3 N–H and O–H groups in total. The third kappa shape index (κ3) is 10.8. The molecule has 1 fully saturated rings. The summed E-state index contributed by atoms with van der Waals surface area (Å²) in [6, 6.07) is 0. The van der Waals surface area contributed by atoms with Crippen molar-refractivity contribution in [3.05, 3.63) is 0 Å². The molecule has 0 aromatic carbocycles. The topological polar surface area (TPSA) is 65.5 Å². The summed E-state index contributed by atoms with van der Waals surface area (Å²) in [5, 5.41) is 9.30. The smallest absolute Gasteiger partial charge is 0.239 e. The van der Waals surface area contributed by atoms with Gasteiger partial charge in [0.15, 0.2) is 5.96 Å². The Balaban J connectivity index is 0.00000484. The summed E-state index contributed by atoms with van der Waals surface area (Å²) >= 11 is 0. The highest BCUT2D eigenvalue weighted by atomic mass is 127. The molecule has 5 nitrogen and oxygen atoms in total. The van der Waals surface area contributed by atoms with Crippen molar-refractivity contribution in [3.63, 3.8) is 0 Å². The van der Waals surface area contributed by atoms with Crippen LogP contribution >= 0.6 is 24.0 Å². The molecule has 136 valence electrons. The second-order valence-electron chi connectivity index (χ2n) is 7.58. The SMILES string of the molecule is CN=C(NCCC1CCCC(C)C1)NCC(=O)NC(C)(C)C.I. The van der Waals surface area contributed by atoms with E-state index in [-0.39, 0.29) is 42.0 Å². The van der Waals surface area contributed by atoms with Gasteiger partial charge >= 0.3 is 0 Å². The lowest BCUT2D eigenvalue weighted by Crippen LogP contribution is -2.48. The maximum Gasteiger partial charge on any atom is 0.239 e. The predicted molar refractivity (Wildman–Crippen MR) is 108 cm³/mol. The number of guanidine groups is 1. The number of amides is 1. The van der Waals surface area contributed by atoms with Gasteiger partial charge in [0.2, 0.25) is 5.91 Å². The summed E-state index contributed by atoms with van der Waals surface area (Å²) in [6.07, 6.45) is 6.63. The van der Waals surface area contributed by atoms with Crippen LogP contribution in [-0.4, -0.2) is 37.5 Å². The first-order valence-corrected chi connectivity index (χ1v) is 8.55. The zero-order valence-corrected chi connectivity index (χ0v) is 17.7. The van der Waals surface area contributed by atoms with Gasteiger partial charge in [0, 0.05) is 19.1 Å². The number of rotatable bonds is 5. The van der Waals surface area contributed by atoms with E-state index in [1.54, 1.807) is 7.05 Å². The molecule has 1 amide bonds. The third-order valence-corrected chi connectivity index (χ3v) is 4.04. The number of halogens is 1. The van der Waals surface area contributed by atoms with Crippen molar-refractivity contribution in [1.82, 2.24) is 16.0 Å². The Morgan fingerprint density at radius 3 is 2.48 bits per heavy atom. The third-order valence-electron chi connectivity index (χ3n) is 4.04. The highest BCUT2D eigenvalue weighted by molar-refractivity contribution is 14.0. The summed E-state index contributed by atoms with van der Waals surface area (Å²) in [4.78, 5) is 15.9. The molecular weight excluding hydrogens is 403 g/mol. The minimum atomic E-state index is -0.201. The van der Waals surface area contributed by atoms with Crippen LogP contribution in [0.15, 0.2) is 4.99 Å². The number of aliphatic imine (C=N–C) groups is 1. The maximum atomic E-state index is 11.8. The fraction of sp³-hybridized carbons (Fsp3) is 0.882. The molecule has 1 saturated carbocycles. The number of hydrogen-bond acceptors (Lipinski definition) is 2. The Bertz CT molecular complexity index is 379. The summed E-state index contributed by atoms with van der Waals surface area (Å²) in [6.45, 7) is 9.44. The van der Waals surface area contributed by atoms with E-state index in [4.69, 9.17) is 0 Å². The standard InChI is InChI=1S/C17H34N4O.HI/c1-13-7-6-8-14(11-13)9-10-19-16(18-5)20-12-15(22)21-17(2,3)4;/h13-14H,6-12H2,1-5H3,(H,21,22)(H2,18,19,20);1H. The monoisotopic (exact) mass is 438 g/mol. The van der Waals surface area contributed by atoms with E-state index in [2.05, 4.69) is 27.9 Å². The molecule has 0 radical (unpaired) electrons. The molecule has 0 bridgehead atoms.